The van der Waals surface area contributed by atoms with Crippen molar-refractivity contribution in [2.45, 2.75) is 30.2 Å². The van der Waals surface area contributed by atoms with Gasteiger partial charge < -0.3 is 5.32 Å². The predicted octanol–water partition coefficient (Wildman–Crippen LogP) is 5.71. The first-order valence-electron chi connectivity index (χ1n) is 10.8. The third kappa shape index (κ3) is 4.99. The van der Waals surface area contributed by atoms with Crippen LogP contribution in [0.2, 0.25) is 10.0 Å². The van der Waals surface area contributed by atoms with Crippen molar-refractivity contribution in [2.24, 2.45) is 0 Å². The molecule has 2 unspecified atom stereocenters. The first kappa shape index (κ1) is 23.7. The molecule has 0 spiro atoms. The quantitative estimate of drug-likeness (QED) is 0.317. The zero-order valence-electron chi connectivity index (χ0n) is 18.0. The molecule has 0 radical (unpaired) electrons. The van der Waals surface area contributed by atoms with E-state index in [1.807, 2.05) is 28.7 Å². The van der Waals surface area contributed by atoms with Crippen LogP contribution in [0.1, 0.15) is 30.0 Å². The number of aromatic nitrogens is 4. The van der Waals surface area contributed by atoms with Crippen LogP contribution in [-0.4, -0.2) is 41.2 Å². The number of halogens is 3. The minimum absolute atomic E-state index is 0.120. The Morgan fingerprint density at radius 2 is 2.09 bits per heavy atom. The van der Waals surface area contributed by atoms with Gasteiger partial charge in [0.25, 0.3) is 0 Å². The Labute approximate surface area is 218 Å². The van der Waals surface area contributed by atoms with Crippen molar-refractivity contribution in [2.75, 3.05) is 18.4 Å². The van der Waals surface area contributed by atoms with E-state index in [0.717, 1.165) is 46.6 Å². The Morgan fingerprint density at radius 1 is 1.21 bits per heavy atom. The van der Waals surface area contributed by atoms with Gasteiger partial charge in [0.1, 0.15) is 16.8 Å². The van der Waals surface area contributed by atoms with E-state index in [-0.39, 0.29) is 5.92 Å². The van der Waals surface area contributed by atoms with Gasteiger partial charge in [-0.15, -0.1) is 0 Å². The molecule has 2 atom stereocenters. The van der Waals surface area contributed by atoms with Crippen LogP contribution in [0.3, 0.4) is 0 Å². The Bertz CT molecular complexity index is 1350. The van der Waals surface area contributed by atoms with Gasteiger partial charge in [-0.1, -0.05) is 29.3 Å². The van der Waals surface area contributed by atoms with Gasteiger partial charge in [0.2, 0.25) is 0 Å². The number of nitrogens with zero attached hydrogens (tertiary/aromatic N) is 5. The molecule has 5 rings (SSSR count). The van der Waals surface area contributed by atoms with E-state index in [9.17, 15) is 4.21 Å². The smallest absolute Gasteiger partial charge is 0.171 e. The summed E-state index contributed by atoms with van der Waals surface area (Å²) in [6.45, 7) is 1.95. The molecule has 0 amide bonds. The molecule has 1 saturated heterocycles. The molecule has 176 valence electrons. The van der Waals surface area contributed by atoms with E-state index >= 15 is 0 Å². The highest BCUT2D eigenvalue weighted by molar-refractivity contribution is 9.10. The second-order valence-electron chi connectivity index (χ2n) is 8.06. The topological polar surface area (TPSA) is 75.4 Å². The Kier molecular flexibility index (Phi) is 7.17. The average molecular weight is 580 g/mol. The minimum atomic E-state index is -1.38. The predicted molar refractivity (Wildman–Crippen MR) is 139 cm³/mol. The maximum Gasteiger partial charge on any atom is 0.171 e. The zero-order chi connectivity index (χ0) is 23.7. The molecule has 1 fully saturated rings. The molecule has 1 N–H and O–H groups in total. The SMILES string of the molecule is O=S(c1ccc(Cl)cc1Cl)N1CCCC(c2cc(NCc3cccnc3)n3ncc(Br)c3n2)C1. The standard InChI is InChI=1S/C23H21BrCl2N6OS/c24-18-13-29-32-22(28-12-15-3-1-7-27-11-15)10-20(30-23(18)32)16-4-2-8-31(14-16)34(33)21-6-5-17(25)9-19(21)26/h1,3,5-7,9-11,13,16,28H,2,4,8,12,14H2. The summed E-state index contributed by atoms with van der Waals surface area (Å²) < 4.78 is 17.9. The lowest BCUT2D eigenvalue weighted by molar-refractivity contribution is 0.327. The van der Waals surface area contributed by atoms with Gasteiger partial charge in [-0.25, -0.2) is 13.5 Å². The largest absolute Gasteiger partial charge is 0.366 e. The van der Waals surface area contributed by atoms with Gasteiger partial charge in [-0.05, 0) is 58.6 Å². The average Bonchev–Trinajstić information content (AvgIpc) is 3.23. The summed E-state index contributed by atoms with van der Waals surface area (Å²) in [6.07, 6.45) is 7.20. The van der Waals surface area contributed by atoms with Crippen LogP contribution in [0.25, 0.3) is 5.65 Å². The van der Waals surface area contributed by atoms with Gasteiger partial charge >= 0.3 is 0 Å². The lowest BCUT2D eigenvalue weighted by atomic mass is 9.96. The number of hydrogen-bond donors (Lipinski definition) is 1. The molecule has 3 aromatic heterocycles. The zero-order valence-corrected chi connectivity index (χ0v) is 21.9. The summed E-state index contributed by atoms with van der Waals surface area (Å²) >= 11 is 15.9. The fourth-order valence-corrected chi connectivity index (χ4v) is 6.33. The molecule has 1 aromatic carbocycles. The molecule has 0 saturated carbocycles. The lowest BCUT2D eigenvalue weighted by Gasteiger charge is -2.31. The van der Waals surface area contributed by atoms with E-state index in [2.05, 4.69) is 31.3 Å². The van der Waals surface area contributed by atoms with Gasteiger partial charge in [0.15, 0.2) is 5.65 Å². The van der Waals surface area contributed by atoms with Crippen LogP contribution < -0.4 is 5.32 Å². The monoisotopic (exact) mass is 578 g/mol. The number of pyridine rings is 1. The summed E-state index contributed by atoms with van der Waals surface area (Å²) in [6, 6.07) is 11.1. The van der Waals surface area contributed by atoms with Crippen molar-refractivity contribution in [1.29, 1.82) is 0 Å². The molecule has 0 aliphatic carbocycles. The van der Waals surface area contributed by atoms with Crippen molar-refractivity contribution in [3.05, 3.63) is 80.8 Å². The molecular formula is C23H21BrCl2N6OS. The van der Waals surface area contributed by atoms with Crippen molar-refractivity contribution in [3.8, 4) is 0 Å². The molecule has 0 bridgehead atoms. The third-order valence-electron chi connectivity index (χ3n) is 5.76. The molecule has 34 heavy (non-hydrogen) atoms. The van der Waals surface area contributed by atoms with Gasteiger partial charge in [0, 0.05) is 49.0 Å². The molecule has 1 aliphatic rings. The highest BCUT2D eigenvalue weighted by Gasteiger charge is 2.28. The molecular weight excluding hydrogens is 559 g/mol. The first-order valence-corrected chi connectivity index (χ1v) is 13.4. The van der Waals surface area contributed by atoms with Crippen molar-refractivity contribution < 1.29 is 4.21 Å². The fourth-order valence-electron chi connectivity index (χ4n) is 4.08. The van der Waals surface area contributed by atoms with E-state index in [0.29, 0.717) is 28.0 Å². The van der Waals surface area contributed by atoms with Gasteiger partial charge in [-0.2, -0.15) is 9.61 Å². The van der Waals surface area contributed by atoms with Crippen molar-refractivity contribution in [3.63, 3.8) is 0 Å². The molecule has 4 aromatic rings. The maximum atomic E-state index is 13.3. The van der Waals surface area contributed by atoms with E-state index in [4.69, 9.17) is 28.2 Å². The number of piperidine rings is 1. The van der Waals surface area contributed by atoms with Crippen molar-refractivity contribution >= 4 is 61.6 Å². The van der Waals surface area contributed by atoms with Crippen LogP contribution in [0.4, 0.5) is 5.82 Å². The summed E-state index contributed by atoms with van der Waals surface area (Å²) in [5.41, 5.74) is 2.75. The molecule has 1 aliphatic heterocycles. The second kappa shape index (κ2) is 10.3. The number of nitrogens with one attached hydrogen (secondary N) is 1. The minimum Gasteiger partial charge on any atom is -0.366 e. The number of fused-ring (bicyclic) bond motifs is 1. The van der Waals surface area contributed by atoms with E-state index in [1.54, 1.807) is 35.1 Å². The van der Waals surface area contributed by atoms with E-state index in [1.165, 1.54) is 0 Å². The summed E-state index contributed by atoms with van der Waals surface area (Å²) in [5, 5.41) is 8.87. The second-order valence-corrected chi connectivity index (χ2v) is 11.2. The van der Waals surface area contributed by atoms with Gasteiger partial charge in [0.05, 0.1) is 26.3 Å². The van der Waals surface area contributed by atoms with E-state index < -0.39 is 11.0 Å². The van der Waals surface area contributed by atoms with Crippen LogP contribution in [-0.2, 0) is 17.5 Å². The van der Waals surface area contributed by atoms with Crippen LogP contribution in [0.5, 0.6) is 0 Å². The number of anilines is 1. The number of rotatable bonds is 6. The molecule has 7 nitrogen and oxygen atoms in total. The molecule has 4 heterocycles. The Balaban J connectivity index is 1.41. The maximum absolute atomic E-state index is 13.3. The van der Waals surface area contributed by atoms with Gasteiger partial charge in [-0.3, -0.25) is 4.98 Å². The Hall–Kier alpha value is -2.04. The normalized spacial score (nSPS) is 17.7. The summed E-state index contributed by atoms with van der Waals surface area (Å²) in [5.74, 6) is 0.961. The number of hydrogen-bond acceptors (Lipinski definition) is 5. The highest BCUT2D eigenvalue weighted by Crippen LogP contribution is 2.33. The van der Waals surface area contributed by atoms with Crippen LogP contribution in [0.15, 0.2) is 64.4 Å². The third-order valence-corrected chi connectivity index (χ3v) is 8.52. The molecule has 11 heteroatoms. The fraction of sp³-hybridized carbons (Fsp3) is 0.261. The van der Waals surface area contributed by atoms with Crippen LogP contribution >= 0.6 is 39.1 Å². The first-order chi connectivity index (χ1) is 16.5. The summed E-state index contributed by atoms with van der Waals surface area (Å²) in [7, 11) is -1.38. The van der Waals surface area contributed by atoms with Crippen molar-refractivity contribution in [1.82, 2.24) is 23.9 Å². The summed E-state index contributed by atoms with van der Waals surface area (Å²) in [4.78, 5) is 9.66. The Morgan fingerprint density at radius 3 is 2.88 bits per heavy atom. The number of benzene rings is 1. The lowest BCUT2D eigenvalue weighted by Crippen LogP contribution is -2.36. The van der Waals surface area contributed by atoms with Crippen LogP contribution in [0, 0.1) is 0 Å². The highest BCUT2D eigenvalue weighted by atomic mass is 79.9.